The van der Waals surface area contributed by atoms with Gasteiger partial charge in [0.15, 0.2) is 11.5 Å². The Kier molecular flexibility index (Phi) is 2.68. The third kappa shape index (κ3) is 1.93. The summed E-state index contributed by atoms with van der Waals surface area (Å²) in [7, 11) is 1.81. The minimum absolute atomic E-state index is 0.115. The van der Waals surface area contributed by atoms with Crippen molar-refractivity contribution < 1.29 is 9.84 Å². The van der Waals surface area contributed by atoms with E-state index >= 15 is 0 Å². The fraction of sp³-hybridized carbons (Fsp3) is 0.182. The van der Waals surface area contributed by atoms with Crippen molar-refractivity contribution in [3.05, 3.63) is 36.3 Å². The van der Waals surface area contributed by atoms with Gasteiger partial charge in [-0.1, -0.05) is 12.1 Å². The van der Waals surface area contributed by atoms with Gasteiger partial charge in [0.25, 0.3) is 0 Å². The number of para-hydroxylation sites is 2. The van der Waals surface area contributed by atoms with Gasteiger partial charge in [-0.15, -0.1) is 0 Å². The van der Waals surface area contributed by atoms with E-state index in [1.807, 2.05) is 7.05 Å². The molecule has 0 amide bonds. The van der Waals surface area contributed by atoms with E-state index in [1.54, 1.807) is 35.0 Å². The SMILES string of the molecule is Cn1c(N)cnc1COc1ccccc1O. The van der Waals surface area contributed by atoms with Crippen molar-refractivity contribution >= 4 is 5.82 Å². The number of hydrogen-bond donors (Lipinski definition) is 2. The zero-order valence-electron chi connectivity index (χ0n) is 8.92. The topological polar surface area (TPSA) is 73.3 Å². The predicted molar refractivity (Wildman–Crippen MR) is 60.1 cm³/mol. The standard InChI is InChI=1S/C11H13N3O2/c1-14-10(12)6-13-11(14)7-16-9-5-3-2-4-8(9)15/h2-6,15H,7,12H2,1H3. The number of rotatable bonds is 3. The maximum Gasteiger partial charge on any atom is 0.161 e. The van der Waals surface area contributed by atoms with Crippen molar-refractivity contribution in [1.29, 1.82) is 0 Å². The highest BCUT2D eigenvalue weighted by atomic mass is 16.5. The minimum Gasteiger partial charge on any atom is -0.504 e. The summed E-state index contributed by atoms with van der Waals surface area (Å²) in [5.41, 5.74) is 5.64. The average molecular weight is 219 g/mol. The second kappa shape index (κ2) is 4.14. The van der Waals surface area contributed by atoms with Crippen LogP contribution in [0.2, 0.25) is 0 Å². The molecule has 84 valence electrons. The molecule has 0 aliphatic heterocycles. The van der Waals surface area contributed by atoms with Crippen molar-refractivity contribution in [3.8, 4) is 11.5 Å². The fourth-order valence-electron chi connectivity index (χ4n) is 1.32. The molecule has 1 aromatic heterocycles. The maximum atomic E-state index is 9.49. The largest absolute Gasteiger partial charge is 0.504 e. The van der Waals surface area contributed by atoms with Crippen molar-refractivity contribution in [2.24, 2.45) is 7.05 Å². The molecule has 0 atom stereocenters. The smallest absolute Gasteiger partial charge is 0.161 e. The Labute approximate surface area is 93.1 Å². The predicted octanol–water partition coefficient (Wildman–Crippen LogP) is 1.29. The van der Waals surface area contributed by atoms with Crippen LogP contribution in [0.25, 0.3) is 0 Å². The normalized spacial score (nSPS) is 10.3. The van der Waals surface area contributed by atoms with Gasteiger partial charge in [-0.3, -0.25) is 0 Å². The summed E-state index contributed by atoms with van der Waals surface area (Å²) in [4.78, 5) is 4.09. The Morgan fingerprint density at radius 2 is 2.19 bits per heavy atom. The summed E-state index contributed by atoms with van der Waals surface area (Å²) in [6, 6.07) is 6.80. The molecule has 0 saturated heterocycles. The van der Waals surface area contributed by atoms with Crippen molar-refractivity contribution in [2.45, 2.75) is 6.61 Å². The molecule has 3 N–H and O–H groups in total. The first kappa shape index (κ1) is 10.4. The molecule has 2 aromatic rings. The van der Waals surface area contributed by atoms with E-state index in [0.29, 0.717) is 17.4 Å². The lowest BCUT2D eigenvalue weighted by Gasteiger charge is -2.07. The van der Waals surface area contributed by atoms with Gasteiger partial charge in [0, 0.05) is 7.05 Å². The number of benzene rings is 1. The highest BCUT2D eigenvalue weighted by molar-refractivity contribution is 5.38. The fourth-order valence-corrected chi connectivity index (χ4v) is 1.32. The molecule has 0 bridgehead atoms. The zero-order chi connectivity index (χ0) is 11.5. The first-order valence-electron chi connectivity index (χ1n) is 4.85. The van der Waals surface area contributed by atoms with Crippen LogP contribution in [0.15, 0.2) is 30.5 Å². The van der Waals surface area contributed by atoms with E-state index in [-0.39, 0.29) is 12.4 Å². The molecular weight excluding hydrogens is 206 g/mol. The number of aromatic nitrogens is 2. The molecule has 5 heteroatoms. The Hall–Kier alpha value is -2.17. The highest BCUT2D eigenvalue weighted by Crippen LogP contribution is 2.25. The molecule has 0 saturated carbocycles. The Bertz CT molecular complexity index is 494. The quantitative estimate of drug-likeness (QED) is 0.815. The first-order valence-corrected chi connectivity index (χ1v) is 4.85. The van der Waals surface area contributed by atoms with E-state index in [9.17, 15) is 5.11 Å². The monoisotopic (exact) mass is 219 g/mol. The van der Waals surface area contributed by atoms with Gasteiger partial charge < -0.3 is 20.1 Å². The highest BCUT2D eigenvalue weighted by Gasteiger charge is 2.06. The van der Waals surface area contributed by atoms with E-state index in [1.165, 1.54) is 0 Å². The van der Waals surface area contributed by atoms with Gasteiger partial charge in [0.1, 0.15) is 18.2 Å². The van der Waals surface area contributed by atoms with Crippen molar-refractivity contribution in [1.82, 2.24) is 9.55 Å². The molecule has 0 spiro atoms. The molecule has 0 fully saturated rings. The maximum absolute atomic E-state index is 9.49. The summed E-state index contributed by atoms with van der Waals surface area (Å²) in [5.74, 6) is 1.84. The third-order valence-electron chi connectivity index (χ3n) is 2.34. The lowest BCUT2D eigenvalue weighted by Crippen LogP contribution is -2.05. The van der Waals surface area contributed by atoms with Gasteiger partial charge in [0.2, 0.25) is 0 Å². The molecule has 1 aromatic carbocycles. The molecule has 1 heterocycles. The lowest BCUT2D eigenvalue weighted by atomic mass is 10.3. The van der Waals surface area contributed by atoms with Crippen LogP contribution in [0.1, 0.15) is 5.82 Å². The number of anilines is 1. The molecule has 0 aliphatic rings. The summed E-state index contributed by atoms with van der Waals surface area (Å²) in [5, 5.41) is 9.49. The lowest BCUT2D eigenvalue weighted by molar-refractivity contribution is 0.277. The Balaban J connectivity index is 2.08. The number of imidazole rings is 1. The van der Waals surface area contributed by atoms with E-state index in [4.69, 9.17) is 10.5 Å². The summed E-state index contributed by atoms with van der Waals surface area (Å²) < 4.78 is 7.16. The van der Waals surface area contributed by atoms with E-state index < -0.39 is 0 Å². The molecule has 0 radical (unpaired) electrons. The number of phenolic OH excluding ortho intramolecular Hbond substituents is 1. The second-order valence-electron chi connectivity index (χ2n) is 3.41. The van der Waals surface area contributed by atoms with Crippen molar-refractivity contribution in [3.63, 3.8) is 0 Å². The molecule has 0 unspecified atom stereocenters. The van der Waals surface area contributed by atoms with Crippen LogP contribution in [0, 0.1) is 0 Å². The van der Waals surface area contributed by atoms with Gasteiger partial charge in [-0.2, -0.15) is 0 Å². The van der Waals surface area contributed by atoms with Crippen LogP contribution in [0.5, 0.6) is 11.5 Å². The number of hydrogen-bond acceptors (Lipinski definition) is 4. The Morgan fingerprint density at radius 1 is 1.44 bits per heavy atom. The summed E-state index contributed by atoms with van der Waals surface area (Å²) in [6.45, 7) is 0.269. The van der Waals surface area contributed by atoms with E-state index in [0.717, 1.165) is 0 Å². The van der Waals surface area contributed by atoms with Crippen LogP contribution < -0.4 is 10.5 Å². The zero-order valence-corrected chi connectivity index (χ0v) is 8.92. The van der Waals surface area contributed by atoms with Gasteiger partial charge >= 0.3 is 0 Å². The number of nitrogens with zero attached hydrogens (tertiary/aromatic N) is 2. The molecule has 5 nitrogen and oxygen atoms in total. The summed E-state index contributed by atoms with van der Waals surface area (Å²) >= 11 is 0. The molecule has 2 rings (SSSR count). The average Bonchev–Trinajstić information content (AvgIpc) is 2.59. The van der Waals surface area contributed by atoms with Gasteiger partial charge in [0.05, 0.1) is 6.20 Å². The number of ether oxygens (including phenoxy) is 1. The number of nitrogen functional groups attached to an aromatic ring is 1. The molecular formula is C11H13N3O2. The van der Waals surface area contributed by atoms with Gasteiger partial charge in [-0.05, 0) is 12.1 Å². The van der Waals surface area contributed by atoms with Crippen LogP contribution >= 0.6 is 0 Å². The van der Waals surface area contributed by atoms with Crippen LogP contribution in [0.3, 0.4) is 0 Å². The number of nitrogens with two attached hydrogens (primary N) is 1. The number of phenols is 1. The summed E-state index contributed by atoms with van der Waals surface area (Å²) in [6.07, 6.45) is 1.57. The molecule has 0 aliphatic carbocycles. The van der Waals surface area contributed by atoms with Crippen LogP contribution in [-0.2, 0) is 13.7 Å². The Morgan fingerprint density at radius 3 is 2.81 bits per heavy atom. The number of aromatic hydroxyl groups is 1. The second-order valence-corrected chi connectivity index (χ2v) is 3.41. The molecule has 16 heavy (non-hydrogen) atoms. The van der Waals surface area contributed by atoms with Crippen LogP contribution in [0.4, 0.5) is 5.82 Å². The van der Waals surface area contributed by atoms with E-state index in [2.05, 4.69) is 4.98 Å². The van der Waals surface area contributed by atoms with Crippen molar-refractivity contribution in [2.75, 3.05) is 5.73 Å². The van der Waals surface area contributed by atoms with Gasteiger partial charge in [-0.25, -0.2) is 4.98 Å². The minimum atomic E-state index is 0.115. The third-order valence-corrected chi connectivity index (χ3v) is 2.34. The first-order chi connectivity index (χ1) is 7.68. The van der Waals surface area contributed by atoms with Crippen LogP contribution in [-0.4, -0.2) is 14.7 Å².